The van der Waals surface area contributed by atoms with Crippen molar-refractivity contribution < 1.29 is 0 Å². The van der Waals surface area contributed by atoms with E-state index in [9.17, 15) is 0 Å². The van der Waals surface area contributed by atoms with Crippen LogP contribution in [0.2, 0.25) is 0 Å². The monoisotopic (exact) mass is 205 g/mol. The van der Waals surface area contributed by atoms with E-state index in [0.29, 0.717) is 0 Å². The van der Waals surface area contributed by atoms with Crippen LogP contribution in [0.3, 0.4) is 0 Å². The SMILES string of the molecule is CNCCc1ccc2sc(C)cc2c1. The van der Waals surface area contributed by atoms with E-state index in [1.54, 1.807) is 0 Å². The molecule has 1 heterocycles. The zero-order valence-corrected chi connectivity index (χ0v) is 9.45. The van der Waals surface area contributed by atoms with E-state index in [1.165, 1.54) is 20.5 Å². The van der Waals surface area contributed by atoms with E-state index >= 15 is 0 Å². The van der Waals surface area contributed by atoms with Crippen molar-refractivity contribution in [2.45, 2.75) is 13.3 Å². The van der Waals surface area contributed by atoms with Crippen molar-refractivity contribution in [2.24, 2.45) is 0 Å². The Labute approximate surface area is 88.8 Å². The van der Waals surface area contributed by atoms with Gasteiger partial charge in [-0.15, -0.1) is 11.3 Å². The van der Waals surface area contributed by atoms with Gasteiger partial charge in [0.2, 0.25) is 0 Å². The average molecular weight is 205 g/mol. The Morgan fingerprint density at radius 1 is 1.29 bits per heavy atom. The maximum atomic E-state index is 3.17. The molecule has 2 rings (SSSR count). The maximum Gasteiger partial charge on any atom is 0.0345 e. The number of rotatable bonds is 3. The minimum Gasteiger partial charge on any atom is -0.319 e. The molecule has 0 spiro atoms. The van der Waals surface area contributed by atoms with Crippen LogP contribution < -0.4 is 5.32 Å². The molecular weight excluding hydrogens is 190 g/mol. The molecule has 1 aromatic carbocycles. The molecule has 0 saturated carbocycles. The molecule has 2 heteroatoms. The first-order chi connectivity index (χ1) is 6.79. The van der Waals surface area contributed by atoms with Gasteiger partial charge >= 0.3 is 0 Å². The quantitative estimate of drug-likeness (QED) is 0.812. The minimum absolute atomic E-state index is 1.05. The van der Waals surface area contributed by atoms with Gasteiger partial charge in [-0.3, -0.25) is 0 Å². The highest BCUT2D eigenvalue weighted by Gasteiger charge is 1.99. The lowest BCUT2D eigenvalue weighted by Gasteiger charge is -2.00. The van der Waals surface area contributed by atoms with Gasteiger partial charge in [-0.2, -0.15) is 0 Å². The van der Waals surface area contributed by atoms with Crippen molar-refractivity contribution >= 4 is 21.4 Å². The molecule has 14 heavy (non-hydrogen) atoms. The van der Waals surface area contributed by atoms with E-state index in [2.05, 4.69) is 36.5 Å². The van der Waals surface area contributed by atoms with Crippen LogP contribution in [0.1, 0.15) is 10.4 Å². The molecule has 0 bridgehead atoms. The Morgan fingerprint density at radius 2 is 2.14 bits per heavy atom. The summed E-state index contributed by atoms with van der Waals surface area (Å²) in [5.41, 5.74) is 1.42. The van der Waals surface area contributed by atoms with Crippen LogP contribution in [0.5, 0.6) is 0 Å². The fourth-order valence-electron chi connectivity index (χ4n) is 1.65. The second kappa shape index (κ2) is 4.11. The lowest BCUT2D eigenvalue weighted by Crippen LogP contribution is -2.09. The van der Waals surface area contributed by atoms with E-state index in [1.807, 2.05) is 18.4 Å². The summed E-state index contributed by atoms with van der Waals surface area (Å²) in [6.07, 6.45) is 1.11. The molecule has 1 nitrogen and oxygen atoms in total. The Hall–Kier alpha value is -0.860. The van der Waals surface area contributed by atoms with Crippen molar-refractivity contribution in [2.75, 3.05) is 13.6 Å². The Kier molecular flexibility index (Phi) is 2.85. The lowest BCUT2D eigenvalue weighted by molar-refractivity contribution is 0.792. The zero-order valence-electron chi connectivity index (χ0n) is 8.63. The highest BCUT2D eigenvalue weighted by molar-refractivity contribution is 7.19. The zero-order chi connectivity index (χ0) is 9.97. The van der Waals surface area contributed by atoms with Crippen molar-refractivity contribution in [3.8, 4) is 0 Å². The summed E-state index contributed by atoms with van der Waals surface area (Å²) in [4.78, 5) is 1.39. The van der Waals surface area contributed by atoms with Gasteiger partial charge in [0.15, 0.2) is 0 Å². The molecule has 1 aromatic heterocycles. The molecule has 1 N–H and O–H groups in total. The molecule has 0 saturated heterocycles. The van der Waals surface area contributed by atoms with Gasteiger partial charge < -0.3 is 5.32 Å². The summed E-state index contributed by atoms with van der Waals surface area (Å²) in [5.74, 6) is 0. The molecule has 0 aliphatic carbocycles. The first kappa shape index (κ1) is 9.69. The van der Waals surface area contributed by atoms with Crippen LogP contribution in [0.15, 0.2) is 24.3 Å². The van der Waals surface area contributed by atoms with E-state index in [4.69, 9.17) is 0 Å². The van der Waals surface area contributed by atoms with Crippen LogP contribution in [-0.4, -0.2) is 13.6 Å². The molecule has 2 aromatic rings. The van der Waals surface area contributed by atoms with E-state index in [0.717, 1.165) is 13.0 Å². The fraction of sp³-hybridized carbons (Fsp3) is 0.333. The third-order valence-corrected chi connectivity index (χ3v) is 3.40. The predicted octanol–water partition coefficient (Wildman–Crippen LogP) is 2.97. The third kappa shape index (κ3) is 1.97. The summed E-state index contributed by atoms with van der Waals surface area (Å²) in [7, 11) is 1.99. The predicted molar refractivity (Wildman–Crippen MR) is 64.2 cm³/mol. The Balaban J connectivity index is 2.31. The van der Waals surface area contributed by atoms with Gasteiger partial charge in [0, 0.05) is 9.58 Å². The summed E-state index contributed by atoms with van der Waals surface area (Å²) in [5, 5.41) is 4.56. The largest absolute Gasteiger partial charge is 0.319 e. The van der Waals surface area contributed by atoms with Crippen LogP contribution in [0.25, 0.3) is 10.1 Å². The van der Waals surface area contributed by atoms with Crippen LogP contribution in [0, 0.1) is 6.92 Å². The number of aryl methyl sites for hydroxylation is 1. The molecule has 0 unspecified atom stereocenters. The normalized spacial score (nSPS) is 11.0. The highest BCUT2D eigenvalue weighted by Crippen LogP contribution is 2.25. The third-order valence-electron chi connectivity index (χ3n) is 2.37. The van der Waals surface area contributed by atoms with Gasteiger partial charge in [0.05, 0.1) is 0 Å². The topological polar surface area (TPSA) is 12.0 Å². The molecule has 0 atom stereocenters. The fourth-order valence-corrected chi connectivity index (χ4v) is 2.55. The average Bonchev–Trinajstić information content (AvgIpc) is 2.54. The standard InChI is InChI=1S/C12H15NS/c1-9-7-11-8-10(5-6-13-2)3-4-12(11)14-9/h3-4,7-8,13H,5-6H2,1-2H3. The first-order valence-corrected chi connectivity index (χ1v) is 5.75. The first-order valence-electron chi connectivity index (χ1n) is 4.93. The second-order valence-corrected chi connectivity index (χ2v) is 4.87. The van der Waals surface area contributed by atoms with Gasteiger partial charge in [0.25, 0.3) is 0 Å². The van der Waals surface area contributed by atoms with Crippen LogP contribution in [0.4, 0.5) is 0 Å². The van der Waals surface area contributed by atoms with Crippen LogP contribution >= 0.6 is 11.3 Å². The number of likely N-dealkylation sites (N-methyl/N-ethyl adjacent to an activating group) is 1. The van der Waals surface area contributed by atoms with Crippen molar-refractivity contribution in [3.05, 3.63) is 34.7 Å². The summed E-state index contributed by atoms with van der Waals surface area (Å²) >= 11 is 1.87. The number of hydrogen-bond donors (Lipinski definition) is 1. The van der Waals surface area contributed by atoms with Gasteiger partial charge in [-0.25, -0.2) is 0 Å². The van der Waals surface area contributed by atoms with Crippen molar-refractivity contribution in [3.63, 3.8) is 0 Å². The number of hydrogen-bond acceptors (Lipinski definition) is 2. The summed E-state index contributed by atoms with van der Waals surface area (Å²) in [6, 6.07) is 9.03. The van der Waals surface area contributed by atoms with Gasteiger partial charge in [0.1, 0.15) is 0 Å². The number of nitrogens with one attached hydrogen (secondary N) is 1. The summed E-state index contributed by atoms with van der Waals surface area (Å²) < 4.78 is 1.40. The highest BCUT2D eigenvalue weighted by atomic mass is 32.1. The van der Waals surface area contributed by atoms with Gasteiger partial charge in [-0.05, 0) is 50.0 Å². The Morgan fingerprint density at radius 3 is 2.93 bits per heavy atom. The second-order valence-electron chi connectivity index (χ2n) is 3.58. The molecule has 0 aliphatic heterocycles. The van der Waals surface area contributed by atoms with Crippen molar-refractivity contribution in [1.29, 1.82) is 0 Å². The van der Waals surface area contributed by atoms with Crippen molar-refractivity contribution in [1.82, 2.24) is 5.32 Å². The van der Waals surface area contributed by atoms with Gasteiger partial charge in [-0.1, -0.05) is 12.1 Å². The number of fused-ring (bicyclic) bond motifs is 1. The molecule has 0 fully saturated rings. The number of thiophene rings is 1. The Bertz CT molecular complexity index is 431. The smallest absolute Gasteiger partial charge is 0.0345 e. The molecule has 0 aliphatic rings. The van der Waals surface area contributed by atoms with E-state index in [-0.39, 0.29) is 0 Å². The maximum absolute atomic E-state index is 3.17. The molecule has 74 valence electrons. The molecule has 0 amide bonds. The van der Waals surface area contributed by atoms with Crippen LogP contribution in [-0.2, 0) is 6.42 Å². The van der Waals surface area contributed by atoms with E-state index < -0.39 is 0 Å². The summed E-state index contributed by atoms with van der Waals surface area (Å²) in [6.45, 7) is 3.21. The molecule has 0 radical (unpaired) electrons. The number of benzene rings is 1. The molecular formula is C12H15NS. The minimum atomic E-state index is 1.05. The lowest BCUT2D eigenvalue weighted by atomic mass is 10.1.